The zero-order chi connectivity index (χ0) is 24.0. The van der Waals surface area contributed by atoms with Crippen molar-refractivity contribution in [2.45, 2.75) is 107 Å². The molecular formula is C28H47NO2Sn. The predicted molar refractivity (Wildman–Crippen MR) is 142 cm³/mol. The van der Waals surface area contributed by atoms with E-state index in [-0.39, 0.29) is 5.41 Å². The number of carbonyl (C=O) groups is 1. The third-order valence-electron chi connectivity index (χ3n) is 6.83. The van der Waals surface area contributed by atoms with Crippen molar-refractivity contribution in [2.75, 3.05) is 0 Å². The summed E-state index contributed by atoms with van der Waals surface area (Å²) in [5.41, 5.74) is 1.16. The second-order valence-electron chi connectivity index (χ2n) is 9.76. The molecule has 4 heteroatoms. The summed E-state index contributed by atoms with van der Waals surface area (Å²) in [5, 5.41) is 4.27. The molecule has 1 aromatic rings. The van der Waals surface area contributed by atoms with E-state index in [2.05, 4.69) is 52.8 Å². The molecule has 0 bridgehead atoms. The van der Waals surface area contributed by atoms with Crippen LogP contribution in [-0.2, 0) is 4.84 Å². The third-order valence-corrected chi connectivity index (χ3v) is 23.4. The van der Waals surface area contributed by atoms with Crippen molar-refractivity contribution in [3.63, 3.8) is 0 Å². The topological polar surface area (TPSA) is 38.7 Å². The number of nitrogens with zero attached hydrogens (tertiary/aromatic N) is 1. The van der Waals surface area contributed by atoms with Crippen molar-refractivity contribution in [3.05, 3.63) is 45.6 Å². The number of hydrogen-bond donors (Lipinski definition) is 0. The van der Waals surface area contributed by atoms with Crippen molar-refractivity contribution in [1.82, 2.24) is 0 Å². The van der Waals surface area contributed by atoms with Gasteiger partial charge in [-0.2, -0.15) is 0 Å². The Hall–Kier alpha value is -1.10. The van der Waals surface area contributed by atoms with Crippen LogP contribution in [0.25, 0.3) is 0 Å². The van der Waals surface area contributed by atoms with Crippen molar-refractivity contribution in [3.8, 4) is 0 Å². The molecule has 0 aliphatic rings. The van der Waals surface area contributed by atoms with Gasteiger partial charge in [-0.05, 0) is 0 Å². The molecular weight excluding hydrogens is 501 g/mol. The molecule has 0 N–H and O–H groups in total. The Morgan fingerprint density at radius 2 is 1.44 bits per heavy atom. The fourth-order valence-electron chi connectivity index (χ4n) is 4.43. The number of hydrogen-bond acceptors (Lipinski definition) is 3. The van der Waals surface area contributed by atoms with E-state index >= 15 is 0 Å². The summed E-state index contributed by atoms with van der Waals surface area (Å²) in [6.07, 6.45) is 11.6. The van der Waals surface area contributed by atoms with Crippen LogP contribution in [0.3, 0.4) is 0 Å². The van der Waals surface area contributed by atoms with Crippen LogP contribution in [0, 0.1) is 5.41 Å². The number of allylic oxidation sites excluding steroid dienone is 2. The summed E-state index contributed by atoms with van der Waals surface area (Å²) in [6.45, 7) is 15.7. The quantitative estimate of drug-likeness (QED) is 0.0950. The third kappa shape index (κ3) is 9.03. The molecule has 0 saturated heterocycles. The first-order valence-corrected chi connectivity index (χ1v) is 20.3. The Balaban J connectivity index is 3.21. The van der Waals surface area contributed by atoms with E-state index in [1.165, 1.54) is 51.8 Å². The monoisotopic (exact) mass is 549 g/mol. The Morgan fingerprint density at radius 1 is 0.938 bits per heavy atom. The number of oxime groups is 1. The van der Waals surface area contributed by atoms with Crippen LogP contribution < -0.4 is 0 Å². The minimum atomic E-state index is -2.47. The van der Waals surface area contributed by atoms with Gasteiger partial charge in [-0.25, -0.2) is 0 Å². The molecule has 0 aliphatic heterocycles. The summed E-state index contributed by atoms with van der Waals surface area (Å²) in [4.78, 5) is 17.6. The summed E-state index contributed by atoms with van der Waals surface area (Å²) in [5.74, 6) is -0.400. The average molecular weight is 548 g/mol. The van der Waals surface area contributed by atoms with Gasteiger partial charge in [0.05, 0.1) is 0 Å². The van der Waals surface area contributed by atoms with Gasteiger partial charge >= 0.3 is 203 Å². The minimum absolute atomic E-state index is 0.227. The Morgan fingerprint density at radius 3 is 1.88 bits per heavy atom. The van der Waals surface area contributed by atoms with Gasteiger partial charge in [0.25, 0.3) is 0 Å². The second kappa shape index (κ2) is 14.9. The van der Waals surface area contributed by atoms with Gasteiger partial charge < -0.3 is 0 Å². The normalized spacial score (nSPS) is 13.3. The van der Waals surface area contributed by atoms with Crippen molar-refractivity contribution >= 4 is 30.1 Å². The molecule has 1 aromatic carbocycles. The van der Waals surface area contributed by atoms with E-state index in [1.54, 1.807) is 15.7 Å². The molecule has 1 rings (SSSR count). The molecule has 180 valence electrons. The van der Waals surface area contributed by atoms with E-state index in [9.17, 15) is 4.79 Å². The van der Waals surface area contributed by atoms with Gasteiger partial charge in [-0.15, -0.1) is 0 Å². The molecule has 32 heavy (non-hydrogen) atoms. The second-order valence-corrected chi connectivity index (χ2v) is 23.2. The van der Waals surface area contributed by atoms with E-state index in [1.807, 2.05) is 25.1 Å². The molecule has 0 heterocycles. The number of benzene rings is 1. The Bertz CT molecular complexity index is 715. The SMILES string of the molecule is CCC[CH2][Sn]([CH2]CCC)([CH2]CCC)/[C](=C/C(C)(C)/C(C)=N/OC(=O)c1ccccc1)CC. The molecule has 0 fully saturated rings. The summed E-state index contributed by atoms with van der Waals surface area (Å²) >= 11 is -2.47. The predicted octanol–water partition coefficient (Wildman–Crippen LogP) is 8.97. The van der Waals surface area contributed by atoms with Crippen molar-refractivity contribution in [2.24, 2.45) is 10.6 Å². The van der Waals surface area contributed by atoms with Crippen LogP contribution in [0.4, 0.5) is 0 Å². The molecule has 0 aliphatic carbocycles. The van der Waals surface area contributed by atoms with Crippen LogP contribution >= 0.6 is 0 Å². The first-order chi connectivity index (χ1) is 15.3. The molecule has 0 unspecified atom stereocenters. The van der Waals surface area contributed by atoms with Crippen LogP contribution in [-0.4, -0.2) is 30.1 Å². The molecule has 0 atom stereocenters. The molecule has 0 saturated carbocycles. The molecule has 0 amide bonds. The fraction of sp³-hybridized carbons (Fsp3) is 0.643. The average Bonchev–Trinajstić information content (AvgIpc) is 2.81. The maximum absolute atomic E-state index is 12.3. The zero-order valence-corrected chi connectivity index (χ0v) is 24.7. The first-order valence-electron chi connectivity index (χ1n) is 12.8. The summed E-state index contributed by atoms with van der Waals surface area (Å²) in [6, 6.07) is 9.07. The molecule has 0 spiro atoms. The van der Waals surface area contributed by atoms with Crippen LogP contribution in [0.1, 0.15) is 104 Å². The number of rotatable bonds is 15. The van der Waals surface area contributed by atoms with Crippen molar-refractivity contribution < 1.29 is 9.63 Å². The van der Waals surface area contributed by atoms with E-state index < -0.39 is 24.3 Å². The van der Waals surface area contributed by atoms with E-state index in [0.29, 0.717) is 5.56 Å². The maximum atomic E-state index is 12.3. The van der Waals surface area contributed by atoms with Gasteiger partial charge in [0.1, 0.15) is 0 Å². The van der Waals surface area contributed by atoms with Crippen LogP contribution in [0.5, 0.6) is 0 Å². The zero-order valence-electron chi connectivity index (χ0n) is 21.8. The number of carbonyl (C=O) groups excluding carboxylic acids is 1. The molecule has 3 nitrogen and oxygen atoms in total. The van der Waals surface area contributed by atoms with Gasteiger partial charge in [0.2, 0.25) is 0 Å². The van der Waals surface area contributed by atoms with Gasteiger partial charge in [0.15, 0.2) is 0 Å². The number of unbranched alkanes of at least 4 members (excludes halogenated alkanes) is 3. The van der Waals surface area contributed by atoms with Crippen molar-refractivity contribution in [1.29, 1.82) is 0 Å². The van der Waals surface area contributed by atoms with E-state index in [4.69, 9.17) is 4.84 Å². The first kappa shape index (κ1) is 28.9. The fourth-order valence-corrected chi connectivity index (χ4v) is 22.2. The van der Waals surface area contributed by atoms with Crippen LogP contribution in [0.2, 0.25) is 13.3 Å². The molecule has 0 aromatic heterocycles. The van der Waals surface area contributed by atoms with Crippen LogP contribution in [0.15, 0.2) is 45.2 Å². The summed E-state index contributed by atoms with van der Waals surface area (Å²) in [7, 11) is 0. The van der Waals surface area contributed by atoms with Gasteiger partial charge in [-0.1, -0.05) is 0 Å². The summed E-state index contributed by atoms with van der Waals surface area (Å²) < 4.78 is 6.18. The Kier molecular flexibility index (Phi) is 13.5. The van der Waals surface area contributed by atoms with Gasteiger partial charge in [0, 0.05) is 0 Å². The Labute approximate surface area is 202 Å². The van der Waals surface area contributed by atoms with Gasteiger partial charge in [-0.3, -0.25) is 0 Å². The standard InChI is InChI=1S/C16H20NO2.3C4H9.Sn/c1-5-6-12-16(3,4)13(2)17-19-15(18)14-10-8-7-9-11-14;3*1-3-4-2;/h7-12H,5H2,1-4H3;3*1,3-4H2,2H3;/b12-6?,17-13+;;;;. The molecule has 0 radical (unpaired) electrons. The van der Waals surface area contributed by atoms with E-state index in [0.717, 1.165) is 12.1 Å².